The van der Waals surface area contributed by atoms with Crippen molar-refractivity contribution < 1.29 is 60.5 Å². The molecule has 0 bridgehead atoms. The molecule has 1 fully saturated rings. The predicted octanol–water partition coefficient (Wildman–Crippen LogP) is 5.39. The van der Waals surface area contributed by atoms with Crippen molar-refractivity contribution in [3.63, 3.8) is 0 Å². The van der Waals surface area contributed by atoms with Gasteiger partial charge in [0.25, 0.3) is 0 Å². The number of carboxylic acids is 2. The van der Waals surface area contributed by atoms with Gasteiger partial charge in [-0.3, -0.25) is 19.2 Å². The van der Waals surface area contributed by atoms with Crippen molar-refractivity contribution >= 4 is 23.9 Å². The second-order valence-corrected chi connectivity index (χ2v) is 8.01. The van der Waals surface area contributed by atoms with Crippen LogP contribution in [0.3, 0.4) is 0 Å². The fraction of sp³-hybridized carbons (Fsp3) is 0.333. The number of halogens is 6. The number of aliphatic carboxylic acids is 2. The van der Waals surface area contributed by atoms with Gasteiger partial charge in [0.05, 0.1) is 36.8 Å². The fourth-order valence-corrected chi connectivity index (χ4v) is 3.84. The third-order valence-corrected chi connectivity index (χ3v) is 5.31. The molecule has 7 nitrogen and oxygen atoms in total. The van der Waals surface area contributed by atoms with Crippen molar-refractivity contribution in [2.24, 2.45) is 0 Å². The maximum absolute atomic E-state index is 12.8. The Kier molecular flexibility index (Phi) is 9.43. The Morgan fingerprint density at radius 3 is 1.68 bits per heavy atom. The molecular formula is C24H20F6O7. The first-order valence-electron chi connectivity index (χ1n) is 10.6. The van der Waals surface area contributed by atoms with Crippen LogP contribution in [0.5, 0.6) is 0 Å². The van der Waals surface area contributed by atoms with Gasteiger partial charge in [0.1, 0.15) is 0 Å². The lowest BCUT2D eigenvalue weighted by Gasteiger charge is -2.23. The van der Waals surface area contributed by atoms with Crippen molar-refractivity contribution in [1.82, 2.24) is 0 Å². The first kappa shape index (κ1) is 29.3. The van der Waals surface area contributed by atoms with E-state index in [9.17, 15) is 45.5 Å². The maximum atomic E-state index is 12.8. The number of carboxylic acid groups (broad SMARTS) is 2. The number of benzene rings is 2. The lowest BCUT2D eigenvalue weighted by Crippen LogP contribution is -2.25. The number of cyclic esters (lactones) is 2. The Morgan fingerprint density at radius 2 is 1.22 bits per heavy atom. The van der Waals surface area contributed by atoms with E-state index in [0.29, 0.717) is 0 Å². The molecule has 2 aromatic carbocycles. The number of rotatable bonds is 6. The van der Waals surface area contributed by atoms with E-state index in [4.69, 9.17) is 10.2 Å². The van der Waals surface area contributed by atoms with Gasteiger partial charge in [0, 0.05) is 11.8 Å². The summed E-state index contributed by atoms with van der Waals surface area (Å²) in [5, 5.41) is 17.4. The van der Waals surface area contributed by atoms with Crippen LogP contribution in [0.4, 0.5) is 26.3 Å². The molecule has 1 heterocycles. The highest BCUT2D eigenvalue weighted by Gasteiger charge is 2.38. The van der Waals surface area contributed by atoms with Gasteiger partial charge in [0.2, 0.25) is 0 Å². The van der Waals surface area contributed by atoms with Gasteiger partial charge in [0.15, 0.2) is 0 Å². The fourth-order valence-electron chi connectivity index (χ4n) is 3.84. The van der Waals surface area contributed by atoms with E-state index in [1.807, 2.05) is 0 Å². The summed E-state index contributed by atoms with van der Waals surface area (Å²) in [5.74, 6) is -6.24. The minimum absolute atomic E-state index is 0.0324. The van der Waals surface area contributed by atoms with Crippen LogP contribution in [-0.2, 0) is 36.3 Å². The van der Waals surface area contributed by atoms with Gasteiger partial charge in [-0.2, -0.15) is 26.3 Å². The molecule has 0 saturated carbocycles. The van der Waals surface area contributed by atoms with Crippen LogP contribution in [0, 0.1) is 0 Å². The summed E-state index contributed by atoms with van der Waals surface area (Å²) in [7, 11) is 0. The van der Waals surface area contributed by atoms with Crippen LogP contribution in [0.2, 0.25) is 0 Å². The van der Waals surface area contributed by atoms with Crippen molar-refractivity contribution in [3.8, 4) is 0 Å². The molecule has 1 aliphatic heterocycles. The Bertz CT molecular complexity index is 1120. The molecule has 0 aliphatic carbocycles. The van der Waals surface area contributed by atoms with E-state index in [-0.39, 0.29) is 24.0 Å². The first-order valence-corrected chi connectivity index (χ1v) is 10.6. The van der Waals surface area contributed by atoms with E-state index >= 15 is 0 Å². The molecule has 0 atom stereocenters. The van der Waals surface area contributed by atoms with Gasteiger partial charge in [-0.25, -0.2) is 0 Å². The number of alkyl halides is 6. The number of esters is 2. The van der Waals surface area contributed by atoms with Crippen LogP contribution in [-0.4, -0.2) is 34.1 Å². The molecule has 0 amide bonds. The molecule has 200 valence electrons. The standard InChI is InChI=1S/C12H11F3O4.C12H9F3O3/c13-12(14,15)9-4-2-1-3-8(9)7(5-10(16)17)6-11(18)19;13-12(14,15)9-4-2-1-3-8(9)7-5-10(16)18-11(17)6-7/h1-4,7H,5-6H2,(H,16,17)(H,18,19);1-4,7H,5-6H2. The van der Waals surface area contributed by atoms with Gasteiger partial charge >= 0.3 is 36.2 Å². The summed E-state index contributed by atoms with van der Waals surface area (Å²) in [5.41, 5.74) is -2.14. The van der Waals surface area contributed by atoms with E-state index < -0.39 is 72.0 Å². The Balaban J connectivity index is 0.000000260. The number of hydrogen-bond acceptors (Lipinski definition) is 5. The van der Waals surface area contributed by atoms with Crippen LogP contribution in [0.15, 0.2) is 48.5 Å². The number of hydrogen-bond donors (Lipinski definition) is 2. The minimum atomic E-state index is -4.65. The Morgan fingerprint density at radius 1 is 0.784 bits per heavy atom. The van der Waals surface area contributed by atoms with Crippen molar-refractivity contribution in [3.05, 3.63) is 70.8 Å². The van der Waals surface area contributed by atoms with E-state index in [1.54, 1.807) is 0 Å². The van der Waals surface area contributed by atoms with E-state index in [2.05, 4.69) is 4.74 Å². The van der Waals surface area contributed by atoms with Gasteiger partial charge in [-0.05, 0) is 23.3 Å². The van der Waals surface area contributed by atoms with Crippen molar-refractivity contribution in [2.75, 3.05) is 0 Å². The largest absolute Gasteiger partial charge is 0.481 e. The molecule has 37 heavy (non-hydrogen) atoms. The second-order valence-electron chi connectivity index (χ2n) is 8.01. The monoisotopic (exact) mass is 534 g/mol. The Labute approximate surface area is 205 Å². The molecule has 2 aromatic rings. The van der Waals surface area contributed by atoms with E-state index in [1.165, 1.54) is 30.3 Å². The third kappa shape index (κ3) is 8.62. The van der Waals surface area contributed by atoms with Crippen LogP contribution in [0.1, 0.15) is 59.8 Å². The number of carbonyl (C=O) groups is 4. The normalized spacial score (nSPS) is 14.6. The molecule has 2 N–H and O–H groups in total. The van der Waals surface area contributed by atoms with E-state index in [0.717, 1.165) is 18.2 Å². The van der Waals surface area contributed by atoms with Gasteiger partial charge in [-0.1, -0.05) is 36.4 Å². The summed E-state index contributed by atoms with van der Waals surface area (Å²) in [6.07, 6.45) is -10.9. The van der Waals surface area contributed by atoms with Gasteiger partial charge in [-0.15, -0.1) is 0 Å². The minimum Gasteiger partial charge on any atom is -0.481 e. The molecule has 0 aromatic heterocycles. The van der Waals surface area contributed by atoms with Crippen molar-refractivity contribution in [2.45, 2.75) is 49.9 Å². The molecule has 3 rings (SSSR count). The van der Waals surface area contributed by atoms with Crippen LogP contribution < -0.4 is 0 Å². The number of carbonyl (C=O) groups excluding carboxylic acids is 2. The topological polar surface area (TPSA) is 118 Å². The average molecular weight is 534 g/mol. The summed E-state index contributed by atoms with van der Waals surface area (Å²) in [4.78, 5) is 43.5. The summed E-state index contributed by atoms with van der Waals surface area (Å²) >= 11 is 0. The number of ether oxygens (including phenoxy) is 1. The van der Waals surface area contributed by atoms with Crippen LogP contribution >= 0.6 is 0 Å². The SMILES string of the molecule is O=C(O)CC(CC(=O)O)c1ccccc1C(F)(F)F.O=C1CC(c2ccccc2C(F)(F)F)CC(=O)O1. The molecule has 13 heteroatoms. The third-order valence-electron chi connectivity index (χ3n) is 5.31. The molecular weight excluding hydrogens is 514 g/mol. The highest BCUT2D eigenvalue weighted by Crippen LogP contribution is 2.39. The second kappa shape index (κ2) is 11.9. The smallest absolute Gasteiger partial charge is 0.416 e. The summed E-state index contributed by atoms with van der Waals surface area (Å²) < 4.78 is 81.1. The van der Waals surface area contributed by atoms with Crippen molar-refractivity contribution in [1.29, 1.82) is 0 Å². The zero-order valence-corrected chi connectivity index (χ0v) is 18.8. The zero-order chi connectivity index (χ0) is 28.0. The highest BCUT2D eigenvalue weighted by atomic mass is 19.4. The average Bonchev–Trinajstić information content (AvgIpc) is 2.77. The Hall–Kier alpha value is -3.90. The molecule has 0 unspecified atom stereocenters. The quantitative estimate of drug-likeness (QED) is 0.290. The molecule has 0 spiro atoms. The molecule has 0 radical (unpaired) electrons. The molecule has 1 saturated heterocycles. The molecule has 1 aliphatic rings. The first-order chi connectivity index (χ1) is 17.1. The lowest BCUT2D eigenvalue weighted by molar-refractivity contribution is -0.164. The zero-order valence-electron chi connectivity index (χ0n) is 18.8. The summed E-state index contributed by atoms with van der Waals surface area (Å²) in [6, 6.07) is 9.38. The lowest BCUT2D eigenvalue weighted by atomic mass is 9.87. The highest BCUT2D eigenvalue weighted by molar-refractivity contribution is 5.89. The predicted molar refractivity (Wildman–Crippen MR) is 113 cm³/mol. The summed E-state index contributed by atoms with van der Waals surface area (Å²) in [6.45, 7) is 0. The van der Waals surface area contributed by atoms with Crippen LogP contribution in [0.25, 0.3) is 0 Å². The van der Waals surface area contributed by atoms with Gasteiger partial charge < -0.3 is 14.9 Å². The maximum Gasteiger partial charge on any atom is 0.416 e.